The first-order valence-corrected chi connectivity index (χ1v) is 8.56. The molecule has 0 amide bonds. The van der Waals surface area contributed by atoms with E-state index in [0.717, 1.165) is 50.7 Å². The summed E-state index contributed by atoms with van der Waals surface area (Å²) in [7, 11) is 0. The van der Waals surface area contributed by atoms with E-state index in [2.05, 4.69) is 57.9 Å². The zero-order chi connectivity index (χ0) is 16.3. The third kappa shape index (κ3) is 6.47. The summed E-state index contributed by atoms with van der Waals surface area (Å²) >= 11 is 0. The van der Waals surface area contributed by atoms with Crippen molar-refractivity contribution < 1.29 is 0 Å². The molecule has 0 saturated carbocycles. The minimum absolute atomic E-state index is 0.934. The Balaban J connectivity index is 1.75. The molecular formula is C19H28N4. The van der Waals surface area contributed by atoms with Crippen LogP contribution in [-0.4, -0.2) is 45.9 Å². The SMILES string of the molecule is CCN(CCCN(CC)Cc1ccccn1)Cc1ccccn1. The molecule has 0 N–H and O–H groups in total. The van der Waals surface area contributed by atoms with Crippen LogP contribution < -0.4 is 0 Å². The fraction of sp³-hybridized carbons (Fsp3) is 0.474. The molecule has 0 saturated heterocycles. The highest BCUT2D eigenvalue weighted by molar-refractivity contribution is 5.04. The standard InChI is InChI=1S/C19H28N4/c1-3-22(16-18-10-5-7-12-20-18)14-9-15-23(4-2)17-19-11-6-8-13-21-19/h5-8,10-13H,3-4,9,14-17H2,1-2H3. The number of nitrogens with zero attached hydrogens (tertiary/aromatic N) is 4. The van der Waals surface area contributed by atoms with Crippen LogP contribution in [-0.2, 0) is 13.1 Å². The Morgan fingerprint density at radius 3 is 1.57 bits per heavy atom. The fourth-order valence-electron chi connectivity index (χ4n) is 2.66. The molecule has 0 aliphatic carbocycles. The van der Waals surface area contributed by atoms with Crippen LogP contribution in [0.2, 0.25) is 0 Å². The average Bonchev–Trinajstić information content (AvgIpc) is 2.61. The van der Waals surface area contributed by atoms with Gasteiger partial charge in [-0.05, 0) is 56.9 Å². The highest BCUT2D eigenvalue weighted by Gasteiger charge is 2.07. The molecule has 0 spiro atoms. The summed E-state index contributed by atoms with van der Waals surface area (Å²) in [5, 5.41) is 0. The molecule has 2 heterocycles. The van der Waals surface area contributed by atoms with Crippen molar-refractivity contribution in [1.82, 2.24) is 19.8 Å². The van der Waals surface area contributed by atoms with Gasteiger partial charge >= 0.3 is 0 Å². The first kappa shape index (κ1) is 17.6. The third-order valence-corrected chi connectivity index (χ3v) is 4.07. The lowest BCUT2D eigenvalue weighted by Gasteiger charge is -2.23. The van der Waals surface area contributed by atoms with E-state index in [4.69, 9.17) is 0 Å². The van der Waals surface area contributed by atoms with Crippen molar-refractivity contribution in [3.8, 4) is 0 Å². The summed E-state index contributed by atoms with van der Waals surface area (Å²) in [5.74, 6) is 0. The van der Waals surface area contributed by atoms with E-state index < -0.39 is 0 Å². The molecule has 0 unspecified atom stereocenters. The van der Waals surface area contributed by atoms with Crippen LogP contribution >= 0.6 is 0 Å². The second kappa shape index (κ2) is 10.1. The Morgan fingerprint density at radius 1 is 0.739 bits per heavy atom. The summed E-state index contributed by atoms with van der Waals surface area (Å²) < 4.78 is 0. The van der Waals surface area contributed by atoms with Crippen molar-refractivity contribution in [3.63, 3.8) is 0 Å². The van der Waals surface area contributed by atoms with Crippen LogP contribution in [0.4, 0.5) is 0 Å². The van der Waals surface area contributed by atoms with Crippen LogP contribution in [0.3, 0.4) is 0 Å². The molecule has 23 heavy (non-hydrogen) atoms. The number of rotatable bonds is 10. The minimum Gasteiger partial charge on any atom is -0.298 e. The van der Waals surface area contributed by atoms with Gasteiger partial charge in [0.2, 0.25) is 0 Å². The van der Waals surface area contributed by atoms with E-state index >= 15 is 0 Å². The molecule has 4 heteroatoms. The molecule has 4 nitrogen and oxygen atoms in total. The molecule has 0 bridgehead atoms. The minimum atomic E-state index is 0.934. The summed E-state index contributed by atoms with van der Waals surface area (Å²) in [6, 6.07) is 12.3. The predicted molar refractivity (Wildman–Crippen MR) is 95.0 cm³/mol. The van der Waals surface area contributed by atoms with Gasteiger partial charge in [-0.25, -0.2) is 0 Å². The Labute approximate surface area is 140 Å². The van der Waals surface area contributed by atoms with E-state index in [9.17, 15) is 0 Å². The Morgan fingerprint density at radius 2 is 1.22 bits per heavy atom. The average molecular weight is 312 g/mol. The largest absolute Gasteiger partial charge is 0.298 e. The molecule has 0 fully saturated rings. The quantitative estimate of drug-likeness (QED) is 0.674. The van der Waals surface area contributed by atoms with Crippen molar-refractivity contribution in [2.45, 2.75) is 33.4 Å². The van der Waals surface area contributed by atoms with Crippen LogP contribution in [0, 0.1) is 0 Å². The number of pyridine rings is 2. The molecule has 2 aromatic rings. The van der Waals surface area contributed by atoms with Crippen molar-refractivity contribution >= 4 is 0 Å². The highest BCUT2D eigenvalue weighted by atomic mass is 15.1. The molecule has 0 aromatic carbocycles. The Bertz CT molecular complexity index is 480. The normalized spacial score (nSPS) is 11.3. The Kier molecular flexibility index (Phi) is 7.70. The monoisotopic (exact) mass is 312 g/mol. The smallest absolute Gasteiger partial charge is 0.0543 e. The summed E-state index contributed by atoms with van der Waals surface area (Å²) in [5.41, 5.74) is 2.30. The van der Waals surface area contributed by atoms with Gasteiger partial charge in [-0.1, -0.05) is 26.0 Å². The van der Waals surface area contributed by atoms with Gasteiger partial charge in [-0.2, -0.15) is 0 Å². The van der Waals surface area contributed by atoms with Crippen molar-refractivity contribution in [2.75, 3.05) is 26.2 Å². The van der Waals surface area contributed by atoms with Crippen molar-refractivity contribution in [2.24, 2.45) is 0 Å². The Hall–Kier alpha value is -1.78. The third-order valence-electron chi connectivity index (χ3n) is 4.07. The fourth-order valence-corrected chi connectivity index (χ4v) is 2.66. The summed E-state index contributed by atoms with van der Waals surface area (Å²) in [6.45, 7) is 10.6. The van der Waals surface area contributed by atoms with Gasteiger partial charge in [-0.3, -0.25) is 19.8 Å². The van der Waals surface area contributed by atoms with Gasteiger partial charge < -0.3 is 0 Å². The number of hydrogen-bond acceptors (Lipinski definition) is 4. The van der Waals surface area contributed by atoms with Crippen LogP contribution in [0.5, 0.6) is 0 Å². The molecule has 0 aliphatic rings. The lowest BCUT2D eigenvalue weighted by atomic mass is 10.2. The molecular weight excluding hydrogens is 284 g/mol. The molecule has 2 rings (SSSR count). The molecule has 2 aromatic heterocycles. The van der Waals surface area contributed by atoms with Gasteiger partial charge in [0.15, 0.2) is 0 Å². The highest BCUT2D eigenvalue weighted by Crippen LogP contribution is 2.05. The van der Waals surface area contributed by atoms with Gasteiger partial charge in [0.05, 0.1) is 11.4 Å². The van der Waals surface area contributed by atoms with E-state index in [1.165, 1.54) is 6.42 Å². The lowest BCUT2D eigenvalue weighted by molar-refractivity contribution is 0.226. The van der Waals surface area contributed by atoms with E-state index in [0.29, 0.717) is 0 Å². The van der Waals surface area contributed by atoms with Gasteiger partial charge in [-0.15, -0.1) is 0 Å². The number of aromatic nitrogens is 2. The van der Waals surface area contributed by atoms with Crippen LogP contribution in [0.15, 0.2) is 48.8 Å². The zero-order valence-corrected chi connectivity index (χ0v) is 14.4. The molecule has 124 valence electrons. The van der Waals surface area contributed by atoms with Crippen molar-refractivity contribution in [3.05, 3.63) is 60.2 Å². The van der Waals surface area contributed by atoms with E-state index in [1.807, 2.05) is 24.5 Å². The maximum Gasteiger partial charge on any atom is 0.0543 e. The second-order valence-corrected chi connectivity index (χ2v) is 5.73. The van der Waals surface area contributed by atoms with Crippen LogP contribution in [0.25, 0.3) is 0 Å². The van der Waals surface area contributed by atoms with E-state index in [1.54, 1.807) is 0 Å². The van der Waals surface area contributed by atoms with Gasteiger partial charge in [0.25, 0.3) is 0 Å². The molecule has 0 radical (unpaired) electrons. The zero-order valence-electron chi connectivity index (χ0n) is 14.4. The van der Waals surface area contributed by atoms with Gasteiger partial charge in [0, 0.05) is 25.5 Å². The lowest BCUT2D eigenvalue weighted by Crippen LogP contribution is -2.30. The maximum absolute atomic E-state index is 4.42. The summed E-state index contributed by atoms with van der Waals surface area (Å²) in [4.78, 5) is 13.8. The van der Waals surface area contributed by atoms with Crippen molar-refractivity contribution in [1.29, 1.82) is 0 Å². The van der Waals surface area contributed by atoms with Crippen LogP contribution in [0.1, 0.15) is 31.7 Å². The predicted octanol–water partition coefficient (Wildman–Crippen LogP) is 3.21. The first-order valence-electron chi connectivity index (χ1n) is 8.56. The molecule has 0 atom stereocenters. The van der Waals surface area contributed by atoms with Gasteiger partial charge in [0.1, 0.15) is 0 Å². The second-order valence-electron chi connectivity index (χ2n) is 5.73. The topological polar surface area (TPSA) is 32.3 Å². The number of hydrogen-bond donors (Lipinski definition) is 0. The summed E-state index contributed by atoms with van der Waals surface area (Å²) in [6.07, 6.45) is 4.91. The maximum atomic E-state index is 4.42. The first-order chi connectivity index (χ1) is 11.3. The van der Waals surface area contributed by atoms with E-state index in [-0.39, 0.29) is 0 Å². The molecule has 0 aliphatic heterocycles.